The zero-order chi connectivity index (χ0) is 57.5. The molecule has 0 saturated carbocycles. The lowest BCUT2D eigenvalue weighted by Crippen LogP contribution is -2.25. The van der Waals surface area contributed by atoms with Gasteiger partial charge in [0.1, 0.15) is 29.8 Å². The fourth-order valence-corrected chi connectivity index (χ4v) is 11.8. The number of rotatable bonds is 9. The van der Waals surface area contributed by atoms with Gasteiger partial charge in [-0.15, -0.1) is 0 Å². The number of benzene rings is 9. The van der Waals surface area contributed by atoms with Crippen LogP contribution in [0.3, 0.4) is 0 Å². The SMILES string of the molecule is CC(C)(C)c1cc(-c2cc(-c3ccccc3)cc(-c3ccc(F)cc3)c2N2CN(c3cc(Oc4ccc5c6ccccc6n(-c6cc(C(C)(C)C)ccn6)c5c4)cc(-c4ccccc4C(C)(C)C)c3)c3ccccc32)cc(C(C)(C)C)c1. The predicted molar refractivity (Wildman–Crippen MR) is 344 cm³/mol. The number of hydrogen-bond donors (Lipinski definition) is 0. The second-order valence-electron chi connectivity index (χ2n) is 26.4. The normalized spacial score (nSPS) is 13.1. The van der Waals surface area contributed by atoms with Gasteiger partial charge in [-0.2, -0.15) is 0 Å². The lowest BCUT2D eigenvalue weighted by molar-refractivity contribution is 0.483. The third-order valence-corrected chi connectivity index (χ3v) is 16.3. The molecular formula is C76H73FN4O. The summed E-state index contributed by atoms with van der Waals surface area (Å²) >= 11 is 0. The summed E-state index contributed by atoms with van der Waals surface area (Å²) in [6.45, 7) is 27.8. The van der Waals surface area contributed by atoms with Crippen LogP contribution in [0, 0.1) is 5.82 Å². The maximum absolute atomic E-state index is 15.1. The van der Waals surface area contributed by atoms with Crippen LogP contribution < -0.4 is 14.5 Å². The molecule has 1 aliphatic heterocycles. The third kappa shape index (κ3) is 10.2. The highest BCUT2D eigenvalue weighted by Crippen LogP contribution is 2.53. The molecule has 6 heteroatoms. The van der Waals surface area contributed by atoms with Crippen LogP contribution in [0.5, 0.6) is 11.5 Å². The van der Waals surface area contributed by atoms with Crippen molar-refractivity contribution in [3.05, 3.63) is 241 Å². The average molecular weight is 1080 g/mol. The molecule has 1 aliphatic rings. The molecule has 0 N–H and O–H groups in total. The average Bonchev–Trinajstić information content (AvgIpc) is 2.91. The van der Waals surface area contributed by atoms with E-state index in [2.05, 4.69) is 279 Å². The van der Waals surface area contributed by atoms with Crippen LogP contribution in [0.4, 0.5) is 27.1 Å². The molecule has 0 amide bonds. The van der Waals surface area contributed by atoms with Crippen molar-refractivity contribution < 1.29 is 9.13 Å². The second kappa shape index (κ2) is 20.4. The summed E-state index contributed by atoms with van der Waals surface area (Å²) < 4.78 is 24.6. The topological polar surface area (TPSA) is 33.5 Å². The van der Waals surface area contributed by atoms with E-state index >= 15 is 4.39 Å². The van der Waals surface area contributed by atoms with Crippen LogP contribution in [0.2, 0.25) is 0 Å². The van der Waals surface area contributed by atoms with E-state index in [1.54, 1.807) is 12.1 Å². The van der Waals surface area contributed by atoms with Crippen molar-refractivity contribution in [1.29, 1.82) is 0 Å². The van der Waals surface area contributed by atoms with Crippen LogP contribution >= 0.6 is 0 Å². The number of ether oxygens (including phenoxy) is 1. The second-order valence-corrected chi connectivity index (χ2v) is 26.4. The minimum absolute atomic E-state index is 0.0552. The quantitative estimate of drug-likeness (QED) is 0.144. The van der Waals surface area contributed by atoms with E-state index in [4.69, 9.17) is 9.72 Å². The van der Waals surface area contributed by atoms with Gasteiger partial charge >= 0.3 is 0 Å². The Morgan fingerprint density at radius 2 is 1.00 bits per heavy atom. The van der Waals surface area contributed by atoms with Gasteiger partial charge in [0.15, 0.2) is 0 Å². The fourth-order valence-electron chi connectivity index (χ4n) is 11.8. The van der Waals surface area contributed by atoms with Crippen LogP contribution in [-0.2, 0) is 21.7 Å². The van der Waals surface area contributed by atoms with E-state index < -0.39 is 0 Å². The number of pyridine rings is 1. The first kappa shape index (κ1) is 53.9. The van der Waals surface area contributed by atoms with Gasteiger partial charge in [-0.05, 0) is 156 Å². The Kier molecular flexibility index (Phi) is 13.4. The number of fused-ring (bicyclic) bond motifs is 4. The van der Waals surface area contributed by atoms with Gasteiger partial charge < -0.3 is 14.5 Å². The number of halogens is 1. The van der Waals surface area contributed by atoms with Crippen molar-refractivity contribution in [3.8, 4) is 61.8 Å². The molecule has 0 aliphatic carbocycles. The van der Waals surface area contributed by atoms with Crippen molar-refractivity contribution in [2.24, 2.45) is 0 Å². The molecule has 5 nitrogen and oxygen atoms in total. The monoisotopic (exact) mass is 1080 g/mol. The van der Waals surface area contributed by atoms with Crippen LogP contribution in [0.15, 0.2) is 212 Å². The highest BCUT2D eigenvalue weighted by atomic mass is 19.1. The van der Waals surface area contributed by atoms with E-state index in [0.29, 0.717) is 6.67 Å². The minimum Gasteiger partial charge on any atom is -0.457 e. The molecule has 0 spiro atoms. The van der Waals surface area contributed by atoms with E-state index in [1.807, 2.05) is 18.3 Å². The lowest BCUT2D eigenvalue weighted by Gasteiger charge is -2.30. The summed E-state index contributed by atoms with van der Waals surface area (Å²) in [5.74, 6) is 2.04. The first-order valence-electron chi connectivity index (χ1n) is 28.8. The molecule has 12 rings (SSSR count). The highest BCUT2D eigenvalue weighted by Gasteiger charge is 2.34. The number of nitrogens with zero attached hydrogens (tertiary/aromatic N) is 4. The molecule has 0 radical (unpaired) electrons. The van der Waals surface area contributed by atoms with Gasteiger partial charge in [0.05, 0.1) is 28.1 Å². The largest absolute Gasteiger partial charge is 0.457 e. The zero-order valence-corrected chi connectivity index (χ0v) is 49.5. The van der Waals surface area contributed by atoms with Crippen molar-refractivity contribution in [3.63, 3.8) is 0 Å². The Morgan fingerprint density at radius 3 is 1.68 bits per heavy atom. The summed E-state index contributed by atoms with van der Waals surface area (Å²) in [7, 11) is 0. The smallest absolute Gasteiger partial charge is 0.137 e. The standard InChI is InChI=1S/C76H73FN4O/c1-73(2,3)54-36-37-78-71(45-54)81-67-27-19-17-25-62(67)63-35-34-59(47-70(63)81)82-60-41-53(61-24-16-18-26-66(61)76(10,11)12)40-58(46-60)79-48-80(69-29-21-20-28-68(69)79)72-64(50-30-32-57(77)33-31-50)42-51(49-22-14-13-15-23-49)43-65(72)52-38-55(74(4,5)6)44-56(39-52)75(7,8)9/h13-47H,48H2,1-12H3. The number of anilines is 4. The Bertz CT molecular complexity index is 4190. The van der Waals surface area contributed by atoms with Crippen LogP contribution in [0.25, 0.3) is 72.1 Å². The van der Waals surface area contributed by atoms with E-state index in [9.17, 15) is 0 Å². The Morgan fingerprint density at radius 1 is 0.402 bits per heavy atom. The van der Waals surface area contributed by atoms with Crippen LogP contribution in [0.1, 0.15) is 105 Å². The maximum atomic E-state index is 15.1. The van der Waals surface area contributed by atoms with Gasteiger partial charge in [0, 0.05) is 45.9 Å². The molecule has 9 aromatic carbocycles. The molecule has 0 bridgehead atoms. The molecule has 410 valence electrons. The predicted octanol–water partition coefficient (Wildman–Crippen LogP) is 21.2. The first-order valence-corrected chi connectivity index (χ1v) is 28.8. The molecule has 3 heterocycles. The van der Waals surface area contributed by atoms with Gasteiger partial charge in [-0.1, -0.05) is 198 Å². The van der Waals surface area contributed by atoms with Gasteiger partial charge in [0.25, 0.3) is 0 Å². The van der Waals surface area contributed by atoms with E-state index in [1.165, 1.54) is 22.3 Å². The van der Waals surface area contributed by atoms with Crippen molar-refractivity contribution in [1.82, 2.24) is 9.55 Å². The molecular weight excluding hydrogens is 1000 g/mol. The Balaban J connectivity index is 1.06. The summed E-state index contributed by atoms with van der Waals surface area (Å²) in [6.07, 6.45) is 1.93. The molecule has 0 saturated heterocycles. The van der Waals surface area contributed by atoms with E-state index in [-0.39, 0.29) is 27.5 Å². The number of aromatic nitrogens is 2. The minimum atomic E-state index is -0.272. The van der Waals surface area contributed by atoms with E-state index in [0.717, 1.165) is 106 Å². The summed E-state index contributed by atoms with van der Waals surface area (Å²) in [5, 5.41) is 2.29. The first-order chi connectivity index (χ1) is 39.1. The highest BCUT2D eigenvalue weighted by molar-refractivity contribution is 6.09. The molecule has 0 atom stereocenters. The van der Waals surface area contributed by atoms with Gasteiger partial charge in [-0.25, -0.2) is 9.37 Å². The van der Waals surface area contributed by atoms with Gasteiger partial charge in [0.2, 0.25) is 0 Å². The Labute approximate surface area is 484 Å². The van der Waals surface area contributed by atoms with Crippen LogP contribution in [-0.4, -0.2) is 16.2 Å². The molecule has 0 fully saturated rings. The fraction of sp³-hybridized carbons (Fsp3) is 0.224. The third-order valence-electron chi connectivity index (χ3n) is 16.3. The molecule has 2 aromatic heterocycles. The summed E-state index contributed by atoms with van der Waals surface area (Å²) in [6, 6.07) is 73.1. The number of para-hydroxylation sites is 3. The molecule has 0 unspecified atom stereocenters. The number of hydrogen-bond acceptors (Lipinski definition) is 4. The van der Waals surface area contributed by atoms with Crippen molar-refractivity contribution in [2.45, 2.75) is 105 Å². The van der Waals surface area contributed by atoms with Crippen molar-refractivity contribution in [2.75, 3.05) is 16.5 Å². The maximum Gasteiger partial charge on any atom is 0.137 e. The summed E-state index contributed by atoms with van der Waals surface area (Å²) in [5.41, 5.74) is 19.4. The molecule has 82 heavy (non-hydrogen) atoms. The zero-order valence-electron chi connectivity index (χ0n) is 49.5. The summed E-state index contributed by atoms with van der Waals surface area (Å²) in [4.78, 5) is 9.88. The van der Waals surface area contributed by atoms with Gasteiger partial charge in [-0.3, -0.25) is 4.57 Å². The Hall–Kier alpha value is -8.74. The molecule has 11 aromatic rings. The van der Waals surface area contributed by atoms with Crippen molar-refractivity contribution >= 4 is 44.6 Å². The lowest BCUT2D eigenvalue weighted by atomic mass is 9.78.